The number of hydrogen-bond donors (Lipinski definition) is 1. The molecule has 0 aliphatic carbocycles. The van der Waals surface area contributed by atoms with Crippen LogP contribution in [-0.2, 0) is 15.1 Å². The molecule has 0 spiro atoms. The summed E-state index contributed by atoms with van der Waals surface area (Å²) in [5.41, 5.74) is -0.513. The molecule has 2 saturated heterocycles. The smallest absolute Gasteiger partial charge is 0.408 e. The van der Waals surface area contributed by atoms with Crippen molar-refractivity contribution in [3.63, 3.8) is 0 Å². The van der Waals surface area contributed by atoms with E-state index in [1.165, 1.54) is 12.1 Å². The monoisotopic (exact) mass is 415 g/mol. The van der Waals surface area contributed by atoms with Gasteiger partial charge in [0.2, 0.25) is 5.91 Å². The van der Waals surface area contributed by atoms with Crippen molar-refractivity contribution in [1.82, 2.24) is 10.2 Å². The molecule has 3 atom stereocenters. The topological polar surface area (TPSA) is 82.4 Å². The Labute approximate surface area is 177 Å². The quantitative estimate of drug-likeness (QED) is 0.803. The molecule has 6 nitrogen and oxygen atoms in total. The number of nitriles is 1. The zero-order valence-corrected chi connectivity index (χ0v) is 18.5. The SMILES string of the molecule is Cc1cc(F)ccc1[C@]12CC[C@H](C(C)(C)C#N)N1C(=O)[C@@H](NC(=O)OC(C)(C)C)C2. The predicted molar refractivity (Wildman–Crippen MR) is 110 cm³/mol. The van der Waals surface area contributed by atoms with Crippen molar-refractivity contribution < 1.29 is 18.7 Å². The van der Waals surface area contributed by atoms with Gasteiger partial charge in [-0.05, 0) is 77.6 Å². The first-order chi connectivity index (χ1) is 13.8. The highest BCUT2D eigenvalue weighted by molar-refractivity contribution is 5.90. The lowest BCUT2D eigenvalue weighted by molar-refractivity contribution is -0.135. The van der Waals surface area contributed by atoms with Gasteiger partial charge in [0, 0.05) is 6.42 Å². The van der Waals surface area contributed by atoms with Gasteiger partial charge in [-0.1, -0.05) is 6.07 Å². The van der Waals surface area contributed by atoms with Gasteiger partial charge in [-0.25, -0.2) is 9.18 Å². The molecule has 0 radical (unpaired) electrons. The first-order valence-corrected chi connectivity index (χ1v) is 10.3. The first kappa shape index (κ1) is 22.1. The third-order valence-corrected chi connectivity index (χ3v) is 6.18. The Bertz CT molecular complexity index is 915. The van der Waals surface area contributed by atoms with Crippen molar-refractivity contribution in [2.45, 2.75) is 84.0 Å². The molecule has 1 N–H and O–H groups in total. The Hall–Kier alpha value is -2.62. The Balaban J connectivity index is 2.02. The fourth-order valence-corrected chi connectivity index (χ4v) is 4.93. The van der Waals surface area contributed by atoms with Crippen LogP contribution < -0.4 is 5.32 Å². The molecule has 2 heterocycles. The minimum Gasteiger partial charge on any atom is -0.444 e. The molecule has 0 aromatic heterocycles. The van der Waals surface area contributed by atoms with Crippen LogP contribution in [0.25, 0.3) is 0 Å². The fraction of sp³-hybridized carbons (Fsp3) is 0.609. The molecule has 0 unspecified atom stereocenters. The summed E-state index contributed by atoms with van der Waals surface area (Å²) in [6, 6.07) is 5.85. The van der Waals surface area contributed by atoms with Crippen LogP contribution in [0.5, 0.6) is 0 Å². The van der Waals surface area contributed by atoms with Gasteiger partial charge >= 0.3 is 6.09 Å². The van der Waals surface area contributed by atoms with Gasteiger partial charge in [-0.3, -0.25) is 4.79 Å². The van der Waals surface area contributed by atoms with E-state index in [9.17, 15) is 19.2 Å². The summed E-state index contributed by atoms with van der Waals surface area (Å²) in [5, 5.41) is 12.4. The van der Waals surface area contributed by atoms with Gasteiger partial charge in [-0.2, -0.15) is 5.26 Å². The number of carbonyl (C=O) groups excluding carboxylic acids is 2. The van der Waals surface area contributed by atoms with Gasteiger partial charge in [-0.15, -0.1) is 0 Å². The van der Waals surface area contributed by atoms with E-state index in [0.29, 0.717) is 19.3 Å². The van der Waals surface area contributed by atoms with Crippen molar-refractivity contribution in [2.75, 3.05) is 0 Å². The van der Waals surface area contributed by atoms with Crippen molar-refractivity contribution in [2.24, 2.45) is 5.41 Å². The molecule has 2 amide bonds. The third kappa shape index (κ3) is 3.76. The van der Waals surface area contributed by atoms with Gasteiger partial charge in [0.25, 0.3) is 0 Å². The summed E-state index contributed by atoms with van der Waals surface area (Å²) in [4.78, 5) is 27.6. The normalized spacial score (nSPS) is 26.3. The minimum atomic E-state index is -0.762. The molecule has 162 valence electrons. The number of fused-ring (bicyclic) bond motifs is 1. The number of benzene rings is 1. The number of alkyl carbamates (subject to hydrolysis) is 1. The maximum absolute atomic E-state index is 13.8. The van der Waals surface area contributed by atoms with Crippen LogP contribution in [0.3, 0.4) is 0 Å². The third-order valence-electron chi connectivity index (χ3n) is 6.18. The van der Waals surface area contributed by atoms with E-state index in [-0.39, 0.29) is 17.8 Å². The molecular formula is C23H30FN3O3. The van der Waals surface area contributed by atoms with Gasteiger partial charge in [0.15, 0.2) is 0 Å². The largest absolute Gasteiger partial charge is 0.444 e. The number of nitrogens with one attached hydrogen (secondary N) is 1. The van der Waals surface area contributed by atoms with Crippen molar-refractivity contribution in [1.29, 1.82) is 5.26 Å². The highest BCUT2D eigenvalue weighted by atomic mass is 19.1. The van der Waals surface area contributed by atoms with Gasteiger partial charge in [0.1, 0.15) is 17.5 Å². The van der Waals surface area contributed by atoms with E-state index in [2.05, 4.69) is 11.4 Å². The van der Waals surface area contributed by atoms with E-state index in [4.69, 9.17) is 4.74 Å². The number of amides is 2. The second kappa shape index (κ2) is 7.26. The lowest BCUT2D eigenvalue weighted by Crippen LogP contribution is -2.50. The van der Waals surface area contributed by atoms with E-state index < -0.39 is 28.7 Å². The first-order valence-electron chi connectivity index (χ1n) is 10.3. The predicted octanol–water partition coefficient (Wildman–Crippen LogP) is 4.17. The van der Waals surface area contributed by atoms with Crippen LogP contribution in [0.1, 0.15) is 65.0 Å². The molecule has 1 aromatic carbocycles. The second-order valence-corrected chi connectivity index (χ2v) is 9.99. The number of carbonyl (C=O) groups is 2. The molecule has 0 bridgehead atoms. The average Bonchev–Trinajstić information content (AvgIpc) is 3.10. The molecule has 2 fully saturated rings. The lowest BCUT2D eigenvalue weighted by atomic mass is 9.82. The number of rotatable bonds is 3. The summed E-state index contributed by atoms with van der Waals surface area (Å²) >= 11 is 0. The Morgan fingerprint density at radius 1 is 1.33 bits per heavy atom. The maximum Gasteiger partial charge on any atom is 0.408 e. The summed E-state index contributed by atoms with van der Waals surface area (Å²) in [6.45, 7) is 10.8. The summed E-state index contributed by atoms with van der Waals surface area (Å²) in [5.74, 6) is -0.561. The van der Waals surface area contributed by atoms with Gasteiger partial charge in [0.05, 0.1) is 23.1 Å². The summed E-state index contributed by atoms with van der Waals surface area (Å²) in [7, 11) is 0. The second-order valence-electron chi connectivity index (χ2n) is 9.99. The molecule has 30 heavy (non-hydrogen) atoms. The van der Waals surface area contributed by atoms with Crippen molar-refractivity contribution >= 4 is 12.0 Å². The molecule has 2 aliphatic rings. The molecule has 3 rings (SSSR count). The number of nitrogens with zero attached hydrogens (tertiary/aromatic N) is 2. The standard InChI is InChI=1S/C23H30FN3O3/c1-14-11-15(24)7-8-16(14)23-10-9-18(22(5,6)13-25)27(23)19(28)17(12-23)26-20(29)30-21(2,3)4/h7-8,11,17-18H,9-10,12H2,1-6H3,(H,26,29)/t17-,18+,23+/m0/s1. The highest BCUT2D eigenvalue weighted by Crippen LogP contribution is 2.54. The number of aryl methyl sites for hydroxylation is 1. The molecule has 2 aliphatic heterocycles. The van der Waals surface area contributed by atoms with Crippen LogP contribution in [0, 0.1) is 29.5 Å². The fourth-order valence-electron chi connectivity index (χ4n) is 4.93. The zero-order valence-electron chi connectivity index (χ0n) is 18.5. The number of hydrogen-bond acceptors (Lipinski definition) is 4. The van der Waals surface area contributed by atoms with Crippen LogP contribution in [-0.4, -0.2) is 34.6 Å². The maximum atomic E-state index is 13.8. The summed E-state index contributed by atoms with van der Waals surface area (Å²) < 4.78 is 19.1. The Morgan fingerprint density at radius 3 is 2.57 bits per heavy atom. The van der Waals surface area contributed by atoms with E-state index in [0.717, 1.165) is 11.1 Å². The van der Waals surface area contributed by atoms with Crippen molar-refractivity contribution in [3.05, 3.63) is 35.1 Å². The van der Waals surface area contributed by atoms with Crippen molar-refractivity contribution in [3.8, 4) is 6.07 Å². The van der Waals surface area contributed by atoms with E-state index in [1.54, 1.807) is 31.7 Å². The minimum absolute atomic E-state index is 0.226. The number of ether oxygens (including phenoxy) is 1. The van der Waals surface area contributed by atoms with Crippen LogP contribution >= 0.6 is 0 Å². The number of halogens is 1. The Morgan fingerprint density at radius 2 is 2.00 bits per heavy atom. The molecule has 0 saturated carbocycles. The lowest BCUT2D eigenvalue weighted by Gasteiger charge is -2.40. The van der Waals surface area contributed by atoms with Crippen LogP contribution in [0.15, 0.2) is 18.2 Å². The average molecular weight is 416 g/mol. The van der Waals surface area contributed by atoms with Crippen LogP contribution in [0.2, 0.25) is 0 Å². The Kier molecular flexibility index (Phi) is 5.34. The highest BCUT2D eigenvalue weighted by Gasteiger charge is 2.61. The van der Waals surface area contributed by atoms with Gasteiger partial charge < -0.3 is 15.0 Å². The zero-order chi connectivity index (χ0) is 22.5. The molecule has 7 heteroatoms. The van der Waals surface area contributed by atoms with Crippen LogP contribution in [0.4, 0.5) is 9.18 Å². The molecular weight excluding hydrogens is 385 g/mol. The van der Waals surface area contributed by atoms with E-state index in [1.807, 2.05) is 20.8 Å². The molecule has 1 aromatic rings. The van der Waals surface area contributed by atoms with E-state index >= 15 is 0 Å². The summed E-state index contributed by atoms with van der Waals surface area (Å²) in [6.07, 6.45) is 1.02.